The SMILES string of the molecule is CCCCCCCCCCCCCCCCCCCC(=O)OCCCCCCCCCCCCCC/C=C\CCCCCCCCCCCCCCCCCCC(=O)NC(CO)C(O)CCCCCCCCCCCCCCCC. The predicted molar refractivity (Wildman–Crippen MR) is 352 cm³/mol. The highest BCUT2D eigenvalue weighted by atomic mass is 16.5. The Morgan fingerprint density at radius 2 is 0.588 bits per heavy atom. The van der Waals surface area contributed by atoms with Crippen LogP contribution < -0.4 is 5.32 Å². The van der Waals surface area contributed by atoms with E-state index in [1.165, 1.54) is 353 Å². The van der Waals surface area contributed by atoms with Crippen LogP contribution in [0.25, 0.3) is 0 Å². The van der Waals surface area contributed by atoms with Gasteiger partial charge in [-0.15, -0.1) is 0 Å². The van der Waals surface area contributed by atoms with Crippen molar-refractivity contribution in [1.82, 2.24) is 5.32 Å². The van der Waals surface area contributed by atoms with Crippen LogP contribution in [0.4, 0.5) is 0 Å². The number of allylic oxidation sites excluding steroid dienone is 2. The molecule has 0 spiro atoms. The Kier molecular flexibility index (Phi) is 68.9. The maximum atomic E-state index is 12.5. The number of hydrogen-bond acceptors (Lipinski definition) is 5. The first-order chi connectivity index (χ1) is 39.5. The van der Waals surface area contributed by atoms with E-state index < -0.39 is 12.1 Å². The van der Waals surface area contributed by atoms with E-state index in [0.717, 1.165) is 38.5 Å². The zero-order valence-electron chi connectivity index (χ0n) is 54.6. The van der Waals surface area contributed by atoms with E-state index in [1.54, 1.807) is 0 Å². The summed E-state index contributed by atoms with van der Waals surface area (Å²) in [4.78, 5) is 24.6. The van der Waals surface area contributed by atoms with Crippen LogP contribution in [-0.4, -0.2) is 47.4 Å². The Bertz CT molecular complexity index is 1210. The summed E-state index contributed by atoms with van der Waals surface area (Å²) in [6.45, 7) is 5.00. The van der Waals surface area contributed by atoms with Gasteiger partial charge in [0, 0.05) is 12.8 Å². The molecule has 0 rings (SSSR count). The van der Waals surface area contributed by atoms with E-state index in [4.69, 9.17) is 4.74 Å². The Morgan fingerprint density at radius 3 is 0.887 bits per heavy atom. The van der Waals surface area contributed by atoms with Crippen molar-refractivity contribution in [1.29, 1.82) is 0 Å². The highest BCUT2D eigenvalue weighted by Gasteiger charge is 2.20. The number of carbonyl (C=O) groups is 2. The van der Waals surface area contributed by atoms with Gasteiger partial charge in [0.1, 0.15) is 0 Å². The van der Waals surface area contributed by atoms with Crippen LogP contribution in [-0.2, 0) is 14.3 Å². The first-order valence-corrected chi connectivity index (χ1v) is 36.9. The number of aliphatic hydroxyl groups is 2. The molecule has 0 saturated carbocycles. The number of carbonyl (C=O) groups excluding carboxylic acids is 2. The summed E-state index contributed by atoms with van der Waals surface area (Å²) in [6.07, 6.45) is 87.1. The molecule has 3 N–H and O–H groups in total. The number of aliphatic hydroxyl groups excluding tert-OH is 2. The Balaban J connectivity index is 3.32. The normalized spacial score (nSPS) is 12.5. The van der Waals surface area contributed by atoms with Crippen molar-refractivity contribution in [3.8, 4) is 0 Å². The third-order valence-corrected chi connectivity index (χ3v) is 17.6. The van der Waals surface area contributed by atoms with Crippen LogP contribution in [0, 0.1) is 0 Å². The quantitative estimate of drug-likeness (QED) is 0.0320. The monoisotopic (exact) mass is 1130 g/mol. The van der Waals surface area contributed by atoms with Crippen molar-refractivity contribution in [2.75, 3.05) is 13.2 Å². The van der Waals surface area contributed by atoms with Gasteiger partial charge in [0.2, 0.25) is 5.91 Å². The largest absolute Gasteiger partial charge is 0.466 e. The summed E-state index contributed by atoms with van der Waals surface area (Å²) in [6, 6.07) is -0.538. The summed E-state index contributed by atoms with van der Waals surface area (Å²) in [5.74, 6) is -0.00603. The van der Waals surface area contributed by atoms with Gasteiger partial charge in [-0.2, -0.15) is 0 Å². The molecule has 1 amide bonds. The molecular weight excluding hydrogens is 983 g/mol. The van der Waals surface area contributed by atoms with Crippen molar-refractivity contribution in [3.63, 3.8) is 0 Å². The fourth-order valence-corrected chi connectivity index (χ4v) is 11.9. The fourth-order valence-electron chi connectivity index (χ4n) is 11.9. The molecule has 0 fully saturated rings. The summed E-state index contributed by atoms with van der Waals surface area (Å²) in [5, 5.41) is 23.3. The molecule has 0 aliphatic carbocycles. The summed E-state index contributed by atoms with van der Waals surface area (Å²) in [7, 11) is 0. The number of nitrogens with one attached hydrogen (secondary N) is 1. The van der Waals surface area contributed by atoms with Crippen molar-refractivity contribution in [3.05, 3.63) is 12.2 Å². The van der Waals surface area contributed by atoms with Gasteiger partial charge in [-0.05, 0) is 51.4 Å². The predicted octanol–water partition coefficient (Wildman–Crippen LogP) is 23.9. The van der Waals surface area contributed by atoms with Crippen LogP contribution in [0.2, 0.25) is 0 Å². The number of esters is 1. The van der Waals surface area contributed by atoms with E-state index in [-0.39, 0.29) is 18.5 Å². The highest BCUT2D eigenvalue weighted by molar-refractivity contribution is 5.76. The topological polar surface area (TPSA) is 95.9 Å². The van der Waals surface area contributed by atoms with Gasteiger partial charge < -0.3 is 20.3 Å². The van der Waals surface area contributed by atoms with Crippen molar-refractivity contribution in [2.45, 2.75) is 437 Å². The minimum Gasteiger partial charge on any atom is -0.466 e. The molecule has 476 valence electrons. The third kappa shape index (κ3) is 65.7. The van der Waals surface area contributed by atoms with Gasteiger partial charge in [-0.1, -0.05) is 373 Å². The molecule has 0 heterocycles. The van der Waals surface area contributed by atoms with Gasteiger partial charge in [0.05, 0.1) is 25.4 Å². The molecule has 0 aromatic rings. The fraction of sp³-hybridized carbons (Fsp3) is 0.946. The minimum absolute atomic E-state index is 0.0232. The second kappa shape index (κ2) is 70.1. The van der Waals surface area contributed by atoms with Crippen molar-refractivity contribution >= 4 is 11.9 Å². The first-order valence-electron chi connectivity index (χ1n) is 36.9. The van der Waals surface area contributed by atoms with Crippen molar-refractivity contribution < 1.29 is 24.5 Å². The molecule has 0 bridgehead atoms. The maximum Gasteiger partial charge on any atom is 0.305 e. The van der Waals surface area contributed by atoms with E-state index in [9.17, 15) is 19.8 Å². The Labute approximate surface area is 501 Å². The average Bonchev–Trinajstić information content (AvgIpc) is 3.46. The molecule has 80 heavy (non-hydrogen) atoms. The lowest BCUT2D eigenvalue weighted by atomic mass is 10.0. The molecule has 0 aromatic heterocycles. The average molecular weight is 1130 g/mol. The van der Waals surface area contributed by atoms with E-state index in [1.807, 2.05) is 0 Å². The lowest BCUT2D eigenvalue weighted by Crippen LogP contribution is -2.45. The van der Waals surface area contributed by atoms with Crippen LogP contribution in [0.3, 0.4) is 0 Å². The van der Waals surface area contributed by atoms with E-state index in [0.29, 0.717) is 25.9 Å². The maximum absolute atomic E-state index is 12.5. The number of ether oxygens (including phenoxy) is 1. The van der Waals surface area contributed by atoms with Crippen LogP contribution >= 0.6 is 0 Å². The molecular formula is C74H145NO5. The lowest BCUT2D eigenvalue weighted by molar-refractivity contribution is -0.143. The zero-order valence-corrected chi connectivity index (χ0v) is 54.6. The first kappa shape index (κ1) is 78.6. The van der Waals surface area contributed by atoms with Gasteiger partial charge >= 0.3 is 5.97 Å². The highest BCUT2D eigenvalue weighted by Crippen LogP contribution is 2.19. The Hall–Kier alpha value is -1.40. The van der Waals surface area contributed by atoms with Gasteiger partial charge in [-0.3, -0.25) is 9.59 Å². The molecule has 0 saturated heterocycles. The molecule has 2 atom stereocenters. The molecule has 6 heteroatoms. The van der Waals surface area contributed by atoms with E-state index in [2.05, 4.69) is 31.3 Å². The van der Waals surface area contributed by atoms with Gasteiger partial charge in [0.15, 0.2) is 0 Å². The number of rotatable bonds is 70. The Morgan fingerprint density at radius 1 is 0.338 bits per heavy atom. The molecule has 6 nitrogen and oxygen atoms in total. The molecule has 0 radical (unpaired) electrons. The summed E-state index contributed by atoms with van der Waals surface area (Å²) in [5.41, 5.74) is 0. The van der Waals surface area contributed by atoms with Crippen molar-refractivity contribution in [2.24, 2.45) is 0 Å². The zero-order chi connectivity index (χ0) is 57.8. The second-order valence-electron chi connectivity index (χ2n) is 25.6. The molecule has 0 aliphatic heterocycles. The standard InChI is InChI=1S/C74H145NO5/c1-3-5-7-9-11-13-15-17-19-36-40-44-48-52-56-60-64-68-74(79)80-69-65-61-57-53-49-45-41-38-35-33-31-29-27-25-23-21-20-22-24-26-28-30-32-34-37-39-43-47-51-55-59-63-67-73(78)75-71(70-76)72(77)66-62-58-54-50-46-42-18-16-14-12-10-8-6-4-2/h23,25,71-72,76-77H,3-22,24,26-70H2,1-2H3,(H,75,78)/b25-23-. The van der Waals surface area contributed by atoms with E-state index >= 15 is 0 Å². The minimum atomic E-state index is -0.661. The number of amides is 1. The van der Waals surface area contributed by atoms with Gasteiger partial charge in [-0.25, -0.2) is 0 Å². The smallest absolute Gasteiger partial charge is 0.305 e. The summed E-state index contributed by atoms with van der Waals surface area (Å²) >= 11 is 0. The van der Waals surface area contributed by atoms with Crippen LogP contribution in [0.15, 0.2) is 12.2 Å². The lowest BCUT2D eigenvalue weighted by Gasteiger charge is -2.22. The number of unbranched alkanes of at least 4 members (excludes halogenated alkanes) is 57. The second-order valence-corrected chi connectivity index (χ2v) is 25.6. The summed E-state index contributed by atoms with van der Waals surface area (Å²) < 4.78 is 5.51. The van der Waals surface area contributed by atoms with Gasteiger partial charge in [0.25, 0.3) is 0 Å². The van der Waals surface area contributed by atoms with Crippen LogP contribution in [0.5, 0.6) is 0 Å². The number of hydrogen-bond donors (Lipinski definition) is 3. The molecule has 0 aromatic carbocycles. The van der Waals surface area contributed by atoms with Crippen LogP contribution in [0.1, 0.15) is 425 Å². The third-order valence-electron chi connectivity index (χ3n) is 17.6. The molecule has 0 aliphatic rings. The molecule has 2 unspecified atom stereocenters.